The van der Waals surface area contributed by atoms with Gasteiger partial charge in [0, 0.05) is 18.3 Å². The molecule has 0 fully saturated rings. The molecule has 1 heterocycles. The summed E-state index contributed by atoms with van der Waals surface area (Å²) in [7, 11) is 0. The molecule has 152 valence electrons. The Hall–Kier alpha value is -3.28. The van der Waals surface area contributed by atoms with Gasteiger partial charge in [-0.15, -0.1) is 0 Å². The molecule has 6 heteroatoms. The lowest BCUT2D eigenvalue weighted by molar-refractivity contribution is 0.0937. The van der Waals surface area contributed by atoms with Gasteiger partial charge < -0.3 is 19.9 Å². The van der Waals surface area contributed by atoms with Crippen LogP contribution in [-0.2, 0) is 6.61 Å². The highest BCUT2D eigenvalue weighted by Crippen LogP contribution is 2.21. The molecule has 0 aliphatic carbocycles. The van der Waals surface area contributed by atoms with Crippen molar-refractivity contribution in [1.29, 1.82) is 0 Å². The second-order valence-corrected chi connectivity index (χ2v) is 7.16. The first-order chi connectivity index (χ1) is 14.0. The molecule has 3 aromatic rings. The third kappa shape index (κ3) is 5.16. The molecule has 0 aliphatic heterocycles. The molecule has 1 atom stereocenters. The van der Waals surface area contributed by atoms with Gasteiger partial charge in [-0.05, 0) is 51.5 Å². The van der Waals surface area contributed by atoms with Crippen LogP contribution in [0.15, 0.2) is 53.1 Å². The fourth-order valence-corrected chi connectivity index (χ4v) is 3.02. The fourth-order valence-electron chi connectivity index (χ4n) is 3.02. The molecular formula is C23H27N3O3. The summed E-state index contributed by atoms with van der Waals surface area (Å²) in [5.74, 6) is 1.09. The van der Waals surface area contributed by atoms with Crippen LogP contribution in [0.4, 0.5) is 5.69 Å². The van der Waals surface area contributed by atoms with Crippen LogP contribution in [0.25, 0.3) is 0 Å². The Kier molecular flexibility index (Phi) is 6.54. The number of benzene rings is 2. The van der Waals surface area contributed by atoms with E-state index < -0.39 is 0 Å². The number of hydrogen-bond donors (Lipinski definition) is 2. The number of rotatable bonds is 8. The quantitative estimate of drug-likeness (QED) is 0.593. The van der Waals surface area contributed by atoms with Crippen LogP contribution in [-0.4, -0.2) is 23.7 Å². The van der Waals surface area contributed by atoms with E-state index in [1.54, 1.807) is 12.1 Å². The zero-order valence-corrected chi connectivity index (χ0v) is 17.3. The molecule has 0 aliphatic rings. The minimum absolute atomic E-state index is 0.0577. The third-order valence-electron chi connectivity index (χ3n) is 4.81. The van der Waals surface area contributed by atoms with E-state index >= 15 is 0 Å². The van der Waals surface area contributed by atoms with Gasteiger partial charge in [0.1, 0.15) is 18.1 Å². The zero-order valence-electron chi connectivity index (χ0n) is 17.3. The largest absolute Gasteiger partial charge is 0.488 e. The standard InChI is InChI=1S/C23H27N3O3/c1-15-9-5-7-11-21(15)24-13-16(2)25-23(27)19-10-6-8-12-22(19)28-14-20-17(3)26-29-18(20)4/h5-12,16,24H,13-14H2,1-4H3,(H,25,27). The van der Waals surface area contributed by atoms with Gasteiger partial charge in [0.25, 0.3) is 5.91 Å². The number of hydrogen-bond acceptors (Lipinski definition) is 5. The Morgan fingerprint density at radius 2 is 1.83 bits per heavy atom. The molecule has 0 radical (unpaired) electrons. The average Bonchev–Trinajstić information content (AvgIpc) is 3.03. The van der Waals surface area contributed by atoms with Crippen LogP contribution in [0.3, 0.4) is 0 Å². The maximum absolute atomic E-state index is 12.8. The van der Waals surface area contributed by atoms with Gasteiger partial charge >= 0.3 is 0 Å². The molecule has 1 amide bonds. The molecule has 2 N–H and O–H groups in total. The summed E-state index contributed by atoms with van der Waals surface area (Å²) in [6.07, 6.45) is 0. The lowest BCUT2D eigenvalue weighted by atomic mass is 10.1. The van der Waals surface area contributed by atoms with Crippen LogP contribution in [0.2, 0.25) is 0 Å². The number of nitrogens with one attached hydrogen (secondary N) is 2. The van der Waals surface area contributed by atoms with Crippen molar-refractivity contribution in [2.24, 2.45) is 0 Å². The van der Waals surface area contributed by atoms with Crippen LogP contribution in [0.1, 0.15) is 39.9 Å². The smallest absolute Gasteiger partial charge is 0.255 e. The first kappa shape index (κ1) is 20.5. The summed E-state index contributed by atoms with van der Waals surface area (Å²) in [4.78, 5) is 12.8. The Morgan fingerprint density at radius 3 is 2.55 bits per heavy atom. The van der Waals surface area contributed by atoms with Crippen LogP contribution in [0, 0.1) is 20.8 Å². The van der Waals surface area contributed by atoms with E-state index in [-0.39, 0.29) is 11.9 Å². The molecule has 0 saturated heterocycles. The first-order valence-electron chi connectivity index (χ1n) is 9.69. The molecular weight excluding hydrogens is 366 g/mol. The maximum Gasteiger partial charge on any atom is 0.255 e. The fraction of sp³-hybridized carbons (Fsp3) is 0.304. The highest BCUT2D eigenvalue weighted by Gasteiger charge is 2.16. The molecule has 0 saturated carbocycles. The van der Waals surface area contributed by atoms with E-state index in [1.165, 1.54) is 5.56 Å². The molecule has 1 unspecified atom stereocenters. The number of aryl methyl sites for hydroxylation is 3. The number of para-hydroxylation sites is 2. The van der Waals surface area contributed by atoms with Crippen molar-refractivity contribution in [3.05, 3.63) is 76.7 Å². The molecule has 29 heavy (non-hydrogen) atoms. The molecule has 6 nitrogen and oxygen atoms in total. The van der Waals surface area contributed by atoms with Gasteiger partial charge in [0.15, 0.2) is 0 Å². The van der Waals surface area contributed by atoms with Gasteiger partial charge in [-0.3, -0.25) is 4.79 Å². The topological polar surface area (TPSA) is 76.4 Å². The van der Waals surface area contributed by atoms with Gasteiger partial charge in [-0.2, -0.15) is 0 Å². The molecule has 0 spiro atoms. The second kappa shape index (κ2) is 9.28. The van der Waals surface area contributed by atoms with Gasteiger partial charge in [-0.1, -0.05) is 35.5 Å². The van der Waals surface area contributed by atoms with Crippen molar-refractivity contribution in [3.63, 3.8) is 0 Å². The van der Waals surface area contributed by atoms with E-state index in [0.717, 1.165) is 22.7 Å². The highest BCUT2D eigenvalue weighted by molar-refractivity contribution is 5.97. The second-order valence-electron chi connectivity index (χ2n) is 7.16. The molecule has 3 rings (SSSR count). The number of nitrogens with zero attached hydrogens (tertiary/aromatic N) is 1. The predicted molar refractivity (Wildman–Crippen MR) is 113 cm³/mol. The minimum atomic E-state index is -0.168. The van der Waals surface area contributed by atoms with E-state index in [1.807, 2.05) is 51.1 Å². The molecule has 0 bridgehead atoms. The van der Waals surface area contributed by atoms with E-state index in [9.17, 15) is 4.79 Å². The van der Waals surface area contributed by atoms with Crippen LogP contribution >= 0.6 is 0 Å². The Morgan fingerprint density at radius 1 is 1.10 bits per heavy atom. The molecule has 2 aromatic carbocycles. The number of aromatic nitrogens is 1. The number of carbonyl (C=O) groups excluding carboxylic acids is 1. The number of amides is 1. The summed E-state index contributed by atoms with van der Waals surface area (Å²) < 4.78 is 11.1. The van der Waals surface area contributed by atoms with Crippen LogP contribution < -0.4 is 15.4 Å². The SMILES string of the molecule is Cc1ccccc1NCC(C)NC(=O)c1ccccc1OCc1c(C)noc1C. The number of ether oxygens (including phenoxy) is 1. The Labute approximate surface area is 171 Å². The number of carbonyl (C=O) groups is 1. The Bertz CT molecular complexity index is 962. The van der Waals surface area contributed by atoms with Crippen molar-refractivity contribution in [2.45, 2.75) is 40.3 Å². The summed E-state index contributed by atoms with van der Waals surface area (Å²) in [6, 6.07) is 15.3. The van der Waals surface area contributed by atoms with Crippen molar-refractivity contribution >= 4 is 11.6 Å². The zero-order chi connectivity index (χ0) is 20.8. The van der Waals surface area contributed by atoms with Gasteiger partial charge in [0.2, 0.25) is 0 Å². The first-order valence-corrected chi connectivity index (χ1v) is 9.69. The predicted octanol–water partition coefficient (Wildman–Crippen LogP) is 4.41. The monoisotopic (exact) mass is 393 g/mol. The van der Waals surface area contributed by atoms with Crippen molar-refractivity contribution in [1.82, 2.24) is 10.5 Å². The summed E-state index contributed by atoms with van der Waals surface area (Å²) >= 11 is 0. The summed E-state index contributed by atoms with van der Waals surface area (Å²) in [5, 5.41) is 10.3. The normalized spacial score (nSPS) is 11.7. The van der Waals surface area contributed by atoms with E-state index in [2.05, 4.69) is 28.8 Å². The third-order valence-corrected chi connectivity index (χ3v) is 4.81. The average molecular weight is 393 g/mol. The Balaban J connectivity index is 1.61. The van der Waals surface area contributed by atoms with Gasteiger partial charge in [-0.25, -0.2) is 0 Å². The lowest BCUT2D eigenvalue weighted by Gasteiger charge is -2.18. The van der Waals surface area contributed by atoms with Crippen molar-refractivity contribution in [3.8, 4) is 5.75 Å². The van der Waals surface area contributed by atoms with Crippen LogP contribution in [0.5, 0.6) is 5.75 Å². The minimum Gasteiger partial charge on any atom is -0.488 e. The van der Waals surface area contributed by atoms with Crippen molar-refractivity contribution < 1.29 is 14.1 Å². The summed E-state index contributed by atoms with van der Waals surface area (Å²) in [5.41, 5.74) is 4.43. The number of anilines is 1. The van der Waals surface area contributed by atoms with E-state index in [0.29, 0.717) is 24.5 Å². The lowest BCUT2D eigenvalue weighted by Crippen LogP contribution is -2.37. The van der Waals surface area contributed by atoms with E-state index in [4.69, 9.17) is 9.26 Å². The van der Waals surface area contributed by atoms with Crippen molar-refractivity contribution in [2.75, 3.05) is 11.9 Å². The summed E-state index contributed by atoms with van der Waals surface area (Å²) in [6.45, 7) is 8.67. The van der Waals surface area contributed by atoms with Gasteiger partial charge in [0.05, 0.1) is 16.8 Å². The maximum atomic E-state index is 12.8. The highest BCUT2D eigenvalue weighted by atomic mass is 16.5. The molecule has 1 aromatic heterocycles.